The van der Waals surface area contributed by atoms with E-state index in [2.05, 4.69) is 110 Å². The number of thioether (sulfide) groups is 1. The van der Waals surface area contributed by atoms with Gasteiger partial charge < -0.3 is 24.8 Å². The van der Waals surface area contributed by atoms with Crippen molar-refractivity contribution in [2.75, 3.05) is 0 Å². The molecule has 0 fully saturated rings. The Hall–Kier alpha value is 0.821. The van der Waals surface area contributed by atoms with Gasteiger partial charge >= 0.3 is 161 Å². The third-order valence-corrected chi connectivity index (χ3v) is 13.7. The fraction of sp³-hybridized carbons (Fsp3) is 0.600. The van der Waals surface area contributed by atoms with Crippen molar-refractivity contribution >= 4 is 19.8 Å². The van der Waals surface area contributed by atoms with Gasteiger partial charge in [0.05, 0.1) is 0 Å². The summed E-state index contributed by atoms with van der Waals surface area (Å²) in [5, 5.41) is 2.33. The van der Waals surface area contributed by atoms with E-state index in [1.165, 1.54) is 6.42 Å². The minimum Gasteiger partial charge on any atom is -1.00 e. The van der Waals surface area contributed by atoms with E-state index < -0.39 is 8.07 Å². The Morgan fingerprint density at radius 1 is 1.16 bits per heavy atom. The van der Waals surface area contributed by atoms with Gasteiger partial charge in [-0.05, 0) is 0 Å². The van der Waals surface area contributed by atoms with Crippen molar-refractivity contribution in [1.29, 1.82) is 0 Å². The molecule has 0 spiro atoms. The third kappa shape index (κ3) is 5.01. The molecule has 0 saturated carbocycles. The first kappa shape index (κ1) is 25.8. The molecule has 0 N–H and O–H groups in total. The molecule has 0 aromatic heterocycles. The van der Waals surface area contributed by atoms with Gasteiger partial charge in [-0.3, -0.25) is 0 Å². The largest absolute Gasteiger partial charge is 1.00 e. The van der Waals surface area contributed by atoms with Gasteiger partial charge in [-0.2, -0.15) is 0 Å². The standard InChI is InChI=1S/C20H31SSi.2ClH.Ti/c1-16(2)21-20(22(6,7)17-12-8-9-13-17)15-11-10-14-18(20)19(3,4)5;;;/h8,10-12,14,16H,9,15H2,1-7H3;2*1H;/q;;;+2/p-2. The summed E-state index contributed by atoms with van der Waals surface area (Å²) in [4.78, 5) is 0. The average Bonchev–Trinajstić information content (AvgIpc) is 2.84. The van der Waals surface area contributed by atoms with Crippen molar-refractivity contribution in [2.24, 2.45) is 5.41 Å². The van der Waals surface area contributed by atoms with Crippen LogP contribution in [0.15, 0.2) is 45.0 Å². The maximum atomic E-state index is 2.61. The zero-order chi connectivity index (χ0) is 17.5. The number of hydrogen-bond acceptors (Lipinski definition) is 1. The number of halogens is 2. The summed E-state index contributed by atoms with van der Waals surface area (Å²) < 4.78 is 1.87. The van der Waals surface area contributed by atoms with Crippen LogP contribution in [0.5, 0.6) is 0 Å². The molecule has 0 nitrogen and oxygen atoms in total. The maximum absolute atomic E-state index is 2.61. The quantitative estimate of drug-likeness (QED) is 0.558. The second-order valence-electron chi connectivity index (χ2n) is 8.58. The molecule has 0 amide bonds. The van der Waals surface area contributed by atoms with E-state index in [9.17, 15) is 0 Å². The minimum atomic E-state index is -1.68. The normalized spacial score (nSPS) is 23.5. The summed E-state index contributed by atoms with van der Waals surface area (Å²) in [6, 6.07) is 0. The molecule has 2 rings (SSSR count). The predicted octanol–water partition coefficient (Wildman–Crippen LogP) is 0.355. The molecule has 5 heteroatoms. The second-order valence-corrected chi connectivity index (χ2v) is 16.4. The number of allylic oxidation sites excluding steroid dienone is 7. The summed E-state index contributed by atoms with van der Waals surface area (Å²) in [6.07, 6.45) is 14.3. The van der Waals surface area contributed by atoms with Gasteiger partial charge in [0.2, 0.25) is 0 Å². The molecular formula is C20H31Cl2SSiTi. The Kier molecular flexibility index (Phi) is 9.65. The molecule has 0 aromatic carbocycles. The first-order chi connectivity index (χ1) is 10.5. The van der Waals surface area contributed by atoms with Gasteiger partial charge in [0.15, 0.2) is 0 Å². The van der Waals surface area contributed by atoms with Crippen LogP contribution in [0, 0.1) is 5.41 Å². The fourth-order valence-corrected chi connectivity index (χ4v) is 13.1. The average molecular weight is 450 g/mol. The molecule has 0 aromatic rings. The fourth-order valence-electron chi connectivity index (χ4n) is 4.06. The smallest absolute Gasteiger partial charge is 1.00 e. The summed E-state index contributed by atoms with van der Waals surface area (Å²) in [5.74, 6) is 0. The van der Waals surface area contributed by atoms with Crippen molar-refractivity contribution in [3.63, 3.8) is 0 Å². The molecular weight excluding hydrogens is 419 g/mol. The Balaban J connectivity index is 0.00000288. The maximum Gasteiger partial charge on any atom is -1.00 e. The Morgan fingerprint density at radius 2 is 1.76 bits per heavy atom. The van der Waals surface area contributed by atoms with Crippen molar-refractivity contribution < 1.29 is 45.2 Å². The minimum absolute atomic E-state index is 0. The third-order valence-electron chi connectivity index (χ3n) is 5.10. The molecule has 25 heavy (non-hydrogen) atoms. The van der Waals surface area contributed by atoms with Crippen LogP contribution in [0.2, 0.25) is 13.1 Å². The van der Waals surface area contributed by atoms with Crippen LogP contribution in [0.4, 0.5) is 0 Å². The molecule has 2 aliphatic rings. The van der Waals surface area contributed by atoms with E-state index in [4.69, 9.17) is 0 Å². The zero-order valence-electron chi connectivity index (χ0n) is 16.5. The molecule has 2 aliphatic carbocycles. The van der Waals surface area contributed by atoms with Crippen molar-refractivity contribution in [3.8, 4) is 0 Å². The monoisotopic (exact) mass is 449 g/mol. The topological polar surface area (TPSA) is 0 Å². The van der Waals surface area contributed by atoms with Gasteiger partial charge in [-0.25, -0.2) is 0 Å². The molecule has 0 aliphatic heterocycles. The van der Waals surface area contributed by atoms with E-state index in [0.717, 1.165) is 6.42 Å². The van der Waals surface area contributed by atoms with E-state index >= 15 is 0 Å². The molecule has 0 saturated heterocycles. The van der Waals surface area contributed by atoms with Gasteiger partial charge in [-0.1, -0.05) is 0 Å². The zero-order valence-corrected chi connectivity index (χ0v) is 21.4. The Bertz CT molecular complexity index is 597. The molecule has 0 bridgehead atoms. The van der Waals surface area contributed by atoms with Crippen molar-refractivity contribution in [3.05, 3.63) is 45.0 Å². The van der Waals surface area contributed by atoms with E-state index in [0.29, 0.717) is 5.25 Å². The molecule has 139 valence electrons. The van der Waals surface area contributed by atoms with E-state index in [1.807, 2.05) is 0 Å². The Labute approximate surface area is 184 Å². The van der Waals surface area contributed by atoms with Gasteiger partial charge in [0.25, 0.3) is 0 Å². The number of rotatable bonds is 4. The number of hydrogen-bond donors (Lipinski definition) is 0. The van der Waals surface area contributed by atoms with E-state index in [-0.39, 0.29) is 34.6 Å². The van der Waals surface area contributed by atoms with Crippen LogP contribution < -0.4 is 24.8 Å². The van der Waals surface area contributed by atoms with Crippen LogP contribution in [0.3, 0.4) is 0 Å². The summed E-state index contributed by atoms with van der Waals surface area (Å²) in [5.41, 5.74) is 1.87. The molecule has 1 unspecified atom stereocenters. The summed E-state index contributed by atoms with van der Waals surface area (Å²) in [6.45, 7) is 17.1. The predicted molar refractivity (Wildman–Crippen MR) is 105 cm³/mol. The SMILES string of the molecule is CC(C)SC1([Si](C)(C)C2=[C]([Ti+2])CC=C2)CC=CC=C1C(C)(C)C.[Cl-].[Cl-]. The van der Waals surface area contributed by atoms with Crippen LogP contribution in [-0.2, 0) is 20.4 Å². The second kappa shape index (κ2) is 9.35. The molecule has 0 heterocycles. The van der Waals surface area contributed by atoms with Crippen molar-refractivity contribution in [2.45, 2.75) is 70.2 Å². The summed E-state index contributed by atoms with van der Waals surface area (Å²) >= 11 is 4.57. The van der Waals surface area contributed by atoms with Crippen LogP contribution >= 0.6 is 11.8 Å². The van der Waals surface area contributed by atoms with E-state index in [1.54, 1.807) is 14.6 Å². The van der Waals surface area contributed by atoms with Gasteiger partial charge in [0.1, 0.15) is 0 Å². The molecule has 0 radical (unpaired) electrons. The van der Waals surface area contributed by atoms with Crippen LogP contribution in [0.25, 0.3) is 0 Å². The van der Waals surface area contributed by atoms with Gasteiger partial charge in [0, 0.05) is 0 Å². The van der Waals surface area contributed by atoms with Crippen molar-refractivity contribution in [1.82, 2.24) is 0 Å². The summed E-state index contributed by atoms with van der Waals surface area (Å²) in [7, 11) is -1.68. The first-order valence-electron chi connectivity index (χ1n) is 8.70. The van der Waals surface area contributed by atoms with Crippen LogP contribution in [-0.4, -0.2) is 17.7 Å². The van der Waals surface area contributed by atoms with Gasteiger partial charge in [-0.15, -0.1) is 0 Å². The Morgan fingerprint density at radius 3 is 2.20 bits per heavy atom. The molecule has 1 atom stereocenters. The van der Waals surface area contributed by atoms with Crippen LogP contribution in [0.1, 0.15) is 47.5 Å². The first-order valence-corrected chi connectivity index (χ1v) is 13.4.